The third kappa shape index (κ3) is 8.88. The van der Waals surface area contributed by atoms with E-state index in [2.05, 4.69) is 73.2 Å². The summed E-state index contributed by atoms with van der Waals surface area (Å²) in [5, 5.41) is 3.63. The van der Waals surface area contributed by atoms with E-state index in [-0.39, 0.29) is 70.7 Å². The van der Waals surface area contributed by atoms with Gasteiger partial charge in [0.25, 0.3) is 0 Å². The molecule has 4 heteroatoms. The monoisotopic (exact) mass is 565 g/mol. The van der Waals surface area contributed by atoms with Crippen LogP contribution in [0.5, 0.6) is 0 Å². The normalized spacial score (nSPS) is 24.7. The van der Waals surface area contributed by atoms with Crippen LogP contribution in [-0.4, -0.2) is 23.4 Å². The molecule has 41 heavy (non-hydrogen) atoms. The van der Waals surface area contributed by atoms with Crippen molar-refractivity contribution in [2.75, 3.05) is 0 Å². The van der Waals surface area contributed by atoms with Crippen molar-refractivity contribution in [2.45, 2.75) is 118 Å². The lowest BCUT2D eigenvalue weighted by molar-refractivity contribution is -0.136. The third-order valence-electron chi connectivity index (χ3n) is 10.7. The molecule has 230 valence electrons. The second-order valence-corrected chi connectivity index (χ2v) is 14.0. The molecule has 0 aliphatic heterocycles. The van der Waals surface area contributed by atoms with E-state index < -0.39 is 0 Å². The van der Waals surface area contributed by atoms with Crippen molar-refractivity contribution in [2.24, 2.45) is 46.8 Å². The molecule has 2 aliphatic rings. The quantitative estimate of drug-likeness (QED) is 0.133. The summed E-state index contributed by atoms with van der Waals surface area (Å²) in [6.07, 6.45) is 12.4. The molecular weight excluding hydrogens is 506 g/mol. The van der Waals surface area contributed by atoms with E-state index in [1.807, 2.05) is 6.08 Å². The van der Waals surface area contributed by atoms with Crippen molar-refractivity contribution in [3.8, 4) is 0 Å². The second-order valence-electron chi connectivity index (χ2n) is 14.0. The molecule has 2 rings (SSSR count). The van der Waals surface area contributed by atoms with Gasteiger partial charge in [0.05, 0.1) is 6.04 Å². The van der Waals surface area contributed by atoms with Gasteiger partial charge in [-0.25, -0.2) is 0 Å². The van der Waals surface area contributed by atoms with Crippen LogP contribution in [-0.2, 0) is 14.4 Å². The van der Waals surface area contributed by atoms with Crippen molar-refractivity contribution in [1.29, 1.82) is 0 Å². The van der Waals surface area contributed by atoms with E-state index >= 15 is 0 Å². The Morgan fingerprint density at radius 1 is 0.976 bits per heavy atom. The van der Waals surface area contributed by atoms with E-state index in [4.69, 9.17) is 0 Å². The van der Waals surface area contributed by atoms with Gasteiger partial charge in [-0.3, -0.25) is 14.4 Å². The second kappa shape index (κ2) is 15.8. The predicted octanol–water partition coefficient (Wildman–Crippen LogP) is 8.83. The summed E-state index contributed by atoms with van der Waals surface area (Å²) in [6, 6.07) is -0.308. The van der Waals surface area contributed by atoms with E-state index in [9.17, 15) is 14.4 Å². The van der Waals surface area contributed by atoms with E-state index in [1.165, 1.54) is 6.42 Å². The van der Waals surface area contributed by atoms with Crippen LogP contribution in [0.25, 0.3) is 0 Å². The molecule has 0 saturated heterocycles. The van der Waals surface area contributed by atoms with Crippen LogP contribution in [0.2, 0.25) is 0 Å². The van der Waals surface area contributed by atoms with Gasteiger partial charge in [-0.15, -0.1) is 13.2 Å². The fourth-order valence-electron chi connectivity index (χ4n) is 7.13. The fourth-order valence-corrected chi connectivity index (χ4v) is 7.13. The van der Waals surface area contributed by atoms with Crippen molar-refractivity contribution in [3.05, 3.63) is 49.7 Å². The SMILES string of the molecule is C=CCCC(=O)C(=C)C(CCC=C)CC(=O)C1C(C(=O)C(NC(=C)C(C)C(C)C)C2CCCCC2)CC(C)C1(C)C. The summed E-state index contributed by atoms with van der Waals surface area (Å²) in [6.45, 7) is 29.1. The molecule has 0 aromatic heterocycles. The number of hydrogen-bond acceptors (Lipinski definition) is 4. The molecule has 1 N–H and O–H groups in total. The Kier molecular flexibility index (Phi) is 13.5. The highest BCUT2D eigenvalue weighted by Crippen LogP contribution is 2.53. The van der Waals surface area contributed by atoms with E-state index in [1.54, 1.807) is 6.08 Å². The van der Waals surface area contributed by atoms with Crippen molar-refractivity contribution in [3.63, 3.8) is 0 Å². The molecule has 0 spiro atoms. The third-order valence-corrected chi connectivity index (χ3v) is 10.7. The summed E-state index contributed by atoms with van der Waals surface area (Å²) in [7, 11) is 0. The van der Waals surface area contributed by atoms with Gasteiger partial charge in [0.2, 0.25) is 0 Å². The lowest BCUT2D eigenvalue weighted by Gasteiger charge is -2.37. The van der Waals surface area contributed by atoms with Crippen LogP contribution in [0.3, 0.4) is 0 Å². The molecule has 6 atom stereocenters. The number of carbonyl (C=O) groups excluding carboxylic acids is 3. The maximum atomic E-state index is 14.6. The number of Topliss-reactive ketones (excluding diaryl/α,β-unsaturated/α-hetero) is 3. The number of nitrogens with one attached hydrogen (secondary N) is 1. The van der Waals surface area contributed by atoms with Crippen molar-refractivity contribution >= 4 is 17.3 Å². The average molecular weight is 566 g/mol. The van der Waals surface area contributed by atoms with Gasteiger partial charge >= 0.3 is 0 Å². The molecule has 0 heterocycles. The van der Waals surface area contributed by atoms with Gasteiger partial charge < -0.3 is 5.32 Å². The van der Waals surface area contributed by atoms with Crippen LogP contribution in [0, 0.1) is 46.8 Å². The lowest BCUT2D eigenvalue weighted by atomic mass is 9.68. The van der Waals surface area contributed by atoms with E-state index in [0.717, 1.165) is 37.8 Å². The van der Waals surface area contributed by atoms with Crippen LogP contribution in [0.15, 0.2) is 49.7 Å². The molecule has 6 unspecified atom stereocenters. The first kappa shape index (κ1) is 35.0. The smallest absolute Gasteiger partial charge is 0.159 e. The summed E-state index contributed by atoms with van der Waals surface area (Å²) in [5.41, 5.74) is 1.14. The molecule has 4 nitrogen and oxygen atoms in total. The average Bonchev–Trinajstić information content (AvgIpc) is 3.19. The zero-order chi connectivity index (χ0) is 30.9. The zero-order valence-corrected chi connectivity index (χ0v) is 27.1. The lowest BCUT2D eigenvalue weighted by Crippen LogP contribution is -2.49. The number of hydrogen-bond donors (Lipinski definition) is 1. The fraction of sp³-hybridized carbons (Fsp3) is 0.703. The minimum atomic E-state index is -0.379. The van der Waals surface area contributed by atoms with Crippen LogP contribution < -0.4 is 5.32 Å². The highest BCUT2D eigenvalue weighted by atomic mass is 16.1. The van der Waals surface area contributed by atoms with Gasteiger partial charge in [-0.2, -0.15) is 0 Å². The zero-order valence-electron chi connectivity index (χ0n) is 27.1. The Bertz CT molecular complexity index is 967. The first-order chi connectivity index (χ1) is 19.3. The standard InChI is InChI=1S/C37H59NO3/c1-11-13-18-30(27(7)32(39)21-14-12-2)23-33(40)34-31(22-25(5)37(34,9)10)36(41)35(29-19-16-15-17-20-29)38-28(8)26(6)24(3)4/h11-12,24-26,29-31,34-35,38H,1-2,7-8,13-23H2,3-6,9-10H3. The Morgan fingerprint density at radius 2 is 1.59 bits per heavy atom. The van der Waals surface area contributed by atoms with Crippen molar-refractivity contribution in [1.82, 2.24) is 5.32 Å². The van der Waals surface area contributed by atoms with Gasteiger partial charge in [0.15, 0.2) is 11.6 Å². The number of ketones is 3. The first-order valence-electron chi connectivity index (χ1n) is 16.2. The van der Waals surface area contributed by atoms with Crippen LogP contribution in [0.4, 0.5) is 0 Å². The molecule has 0 bridgehead atoms. The minimum Gasteiger partial charge on any atom is -0.379 e. The van der Waals surface area contributed by atoms with Crippen molar-refractivity contribution < 1.29 is 14.4 Å². The number of rotatable bonds is 18. The van der Waals surface area contributed by atoms with Gasteiger partial charge in [-0.05, 0) is 79.1 Å². The maximum absolute atomic E-state index is 14.6. The number of carbonyl (C=O) groups is 3. The molecule has 0 amide bonds. The van der Waals surface area contributed by atoms with Crippen LogP contribution in [0.1, 0.15) is 112 Å². The predicted molar refractivity (Wildman–Crippen MR) is 172 cm³/mol. The molecule has 0 aromatic rings. The summed E-state index contributed by atoms with van der Waals surface area (Å²) in [5.74, 6) is 0.512. The Labute approximate surface area is 251 Å². The number of allylic oxidation sites excluding steroid dienone is 4. The largest absolute Gasteiger partial charge is 0.379 e. The Hall–Kier alpha value is -2.23. The topological polar surface area (TPSA) is 63.2 Å². The summed E-state index contributed by atoms with van der Waals surface area (Å²) >= 11 is 0. The Balaban J connectivity index is 2.38. The Morgan fingerprint density at radius 3 is 2.15 bits per heavy atom. The van der Waals surface area contributed by atoms with Crippen LogP contribution >= 0.6 is 0 Å². The van der Waals surface area contributed by atoms with Gasteiger partial charge in [-0.1, -0.05) is 86.1 Å². The molecule has 0 radical (unpaired) electrons. The molecule has 2 fully saturated rings. The molecule has 2 aliphatic carbocycles. The van der Waals surface area contributed by atoms with E-state index in [0.29, 0.717) is 37.2 Å². The first-order valence-corrected chi connectivity index (χ1v) is 16.2. The summed E-state index contributed by atoms with van der Waals surface area (Å²) in [4.78, 5) is 41.7. The maximum Gasteiger partial charge on any atom is 0.159 e. The van der Waals surface area contributed by atoms with Gasteiger partial charge in [0.1, 0.15) is 5.78 Å². The molecular formula is C37H59NO3. The highest BCUT2D eigenvalue weighted by Gasteiger charge is 2.54. The molecule has 2 saturated carbocycles. The molecule has 0 aromatic carbocycles. The highest BCUT2D eigenvalue weighted by molar-refractivity contribution is 5.97. The minimum absolute atomic E-state index is 0.00205. The van der Waals surface area contributed by atoms with Gasteiger partial charge in [0, 0.05) is 30.4 Å². The summed E-state index contributed by atoms with van der Waals surface area (Å²) < 4.78 is 0.